The quantitative estimate of drug-likeness (QED) is 0.905. The summed E-state index contributed by atoms with van der Waals surface area (Å²) in [6.45, 7) is -1.50. The zero-order valence-corrected chi connectivity index (χ0v) is 12.1. The minimum atomic E-state index is -2.90. The molecule has 0 saturated carbocycles. The first kappa shape index (κ1) is 16.2. The molecule has 1 heterocycles. The first-order valence-electron chi connectivity index (χ1n) is 7.17. The molecule has 1 N–H and O–H groups in total. The average molecular weight is 312 g/mol. The summed E-state index contributed by atoms with van der Waals surface area (Å²) in [5.41, 5.74) is 0.285. The lowest BCUT2D eigenvalue weighted by Gasteiger charge is -2.26. The summed E-state index contributed by atoms with van der Waals surface area (Å²) in [6, 6.07) is 5.32. The molecule has 0 spiro atoms. The second-order valence-corrected chi connectivity index (χ2v) is 5.03. The van der Waals surface area contributed by atoms with Crippen LogP contribution in [0.1, 0.15) is 29.6 Å². The summed E-state index contributed by atoms with van der Waals surface area (Å²) in [7, 11) is 0. The molecule has 120 valence electrons. The number of benzene rings is 1. The van der Waals surface area contributed by atoms with E-state index in [1.807, 2.05) is 0 Å². The Bertz CT molecular complexity index is 514. The molecule has 1 saturated heterocycles. The van der Waals surface area contributed by atoms with Crippen LogP contribution in [0.4, 0.5) is 8.78 Å². The molecule has 0 aromatic heterocycles. The summed E-state index contributed by atoms with van der Waals surface area (Å²) >= 11 is 0. The molecule has 1 aliphatic heterocycles. The van der Waals surface area contributed by atoms with E-state index in [-0.39, 0.29) is 23.8 Å². The Morgan fingerprint density at radius 3 is 2.36 bits per heavy atom. The van der Waals surface area contributed by atoms with Crippen molar-refractivity contribution in [2.75, 3.05) is 19.6 Å². The van der Waals surface area contributed by atoms with Crippen molar-refractivity contribution in [3.8, 4) is 5.75 Å². The van der Waals surface area contributed by atoms with Crippen LogP contribution in [-0.4, -0.2) is 43.0 Å². The molecular formula is C15H18F2N2O3. The van der Waals surface area contributed by atoms with E-state index >= 15 is 0 Å². The maximum Gasteiger partial charge on any atom is 0.387 e. The molecule has 0 unspecified atom stereocenters. The fourth-order valence-corrected chi connectivity index (χ4v) is 2.30. The molecule has 2 amide bonds. The van der Waals surface area contributed by atoms with E-state index in [9.17, 15) is 18.4 Å². The highest BCUT2D eigenvalue weighted by atomic mass is 19.3. The summed E-state index contributed by atoms with van der Waals surface area (Å²) in [5.74, 6) is -0.546. The molecule has 1 aliphatic rings. The first-order chi connectivity index (χ1) is 10.6. The van der Waals surface area contributed by atoms with Gasteiger partial charge in [0.25, 0.3) is 5.91 Å². The van der Waals surface area contributed by atoms with Crippen molar-refractivity contribution >= 4 is 11.8 Å². The molecule has 0 atom stereocenters. The van der Waals surface area contributed by atoms with Gasteiger partial charge >= 0.3 is 6.61 Å². The second kappa shape index (κ2) is 7.72. The third kappa shape index (κ3) is 4.68. The molecule has 1 fully saturated rings. The fraction of sp³-hybridized carbons (Fsp3) is 0.467. The normalized spacial score (nSPS) is 14.8. The second-order valence-electron chi connectivity index (χ2n) is 5.03. The molecule has 0 radical (unpaired) electrons. The van der Waals surface area contributed by atoms with E-state index in [1.54, 1.807) is 4.90 Å². The van der Waals surface area contributed by atoms with Crippen molar-refractivity contribution in [2.45, 2.75) is 25.9 Å². The van der Waals surface area contributed by atoms with Crippen molar-refractivity contribution < 1.29 is 23.1 Å². The van der Waals surface area contributed by atoms with Crippen LogP contribution in [0.25, 0.3) is 0 Å². The monoisotopic (exact) mass is 312 g/mol. The van der Waals surface area contributed by atoms with Gasteiger partial charge in [0.1, 0.15) is 5.75 Å². The highest BCUT2D eigenvalue weighted by molar-refractivity contribution is 5.96. The Labute approximate surface area is 127 Å². The van der Waals surface area contributed by atoms with Crippen LogP contribution in [0.3, 0.4) is 0 Å². The van der Waals surface area contributed by atoms with Crippen molar-refractivity contribution in [3.63, 3.8) is 0 Å². The summed E-state index contributed by atoms with van der Waals surface area (Å²) < 4.78 is 28.2. The highest BCUT2D eigenvalue weighted by Gasteiger charge is 2.17. The molecule has 1 aromatic carbocycles. The topological polar surface area (TPSA) is 58.6 Å². The van der Waals surface area contributed by atoms with Crippen LogP contribution in [0, 0.1) is 0 Å². The Kier molecular flexibility index (Phi) is 5.68. The number of amides is 2. The van der Waals surface area contributed by atoms with Gasteiger partial charge in [-0.1, -0.05) is 0 Å². The summed E-state index contributed by atoms with van der Waals surface area (Å²) in [6.07, 6.45) is 3.11. The number of nitrogens with zero attached hydrogens (tertiary/aromatic N) is 1. The lowest BCUT2D eigenvalue weighted by Crippen LogP contribution is -2.42. The molecule has 1 aromatic rings. The molecule has 7 heteroatoms. The first-order valence-corrected chi connectivity index (χ1v) is 7.17. The zero-order valence-electron chi connectivity index (χ0n) is 12.1. The van der Waals surface area contributed by atoms with E-state index in [0.29, 0.717) is 0 Å². The lowest BCUT2D eigenvalue weighted by molar-refractivity contribution is -0.130. The number of hydrogen-bond acceptors (Lipinski definition) is 3. The van der Waals surface area contributed by atoms with Gasteiger partial charge in [-0.3, -0.25) is 9.59 Å². The van der Waals surface area contributed by atoms with Gasteiger partial charge in [-0.2, -0.15) is 8.78 Å². The number of rotatable bonds is 5. The van der Waals surface area contributed by atoms with Crippen molar-refractivity contribution in [2.24, 2.45) is 0 Å². The number of hydrogen-bond donors (Lipinski definition) is 1. The largest absolute Gasteiger partial charge is 0.435 e. The zero-order chi connectivity index (χ0) is 15.9. The number of carbonyl (C=O) groups is 2. The Hall–Kier alpha value is -2.18. The van der Waals surface area contributed by atoms with E-state index in [1.165, 1.54) is 24.3 Å². The highest BCUT2D eigenvalue weighted by Crippen LogP contribution is 2.15. The third-order valence-electron chi connectivity index (χ3n) is 3.45. The van der Waals surface area contributed by atoms with E-state index in [0.717, 1.165) is 32.4 Å². The molecule has 22 heavy (non-hydrogen) atoms. The average Bonchev–Trinajstić information content (AvgIpc) is 2.53. The van der Waals surface area contributed by atoms with Crippen LogP contribution >= 0.6 is 0 Å². The molecule has 2 rings (SSSR count). The number of piperidine rings is 1. The van der Waals surface area contributed by atoms with Gasteiger partial charge in [-0.05, 0) is 43.5 Å². The van der Waals surface area contributed by atoms with Crippen LogP contribution in [0.5, 0.6) is 5.75 Å². The van der Waals surface area contributed by atoms with Crippen LogP contribution in [-0.2, 0) is 4.79 Å². The Morgan fingerprint density at radius 2 is 1.77 bits per heavy atom. The number of carbonyl (C=O) groups excluding carboxylic acids is 2. The smallest absolute Gasteiger partial charge is 0.387 e. The minimum absolute atomic E-state index is 0.0176. The fourth-order valence-electron chi connectivity index (χ4n) is 2.30. The third-order valence-corrected chi connectivity index (χ3v) is 3.45. The standard InChI is InChI=1S/C15H18F2N2O3/c16-15(17)22-12-6-4-11(5-7-12)14(21)18-10-13(20)19-8-2-1-3-9-19/h4-7,15H,1-3,8-10H2,(H,18,21). The predicted molar refractivity (Wildman–Crippen MR) is 75.8 cm³/mol. The Balaban J connectivity index is 1.82. The summed E-state index contributed by atoms with van der Waals surface area (Å²) in [4.78, 5) is 25.6. The maximum absolute atomic E-state index is 12.0. The van der Waals surface area contributed by atoms with Crippen LogP contribution in [0.2, 0.25) is 0 Å². The van der Waals surface area contributed by atoms with Gasteiger partial charge < -0.3 is 15.0 Å². The van der Waals surface area contributed by atoms with Crippen LogP contribution in [0.15, 0.2) is 24.3 Å². The van der Waals surface area contributed by atoms with Gasteiger partial charge in [-0.25, -0.2) is 0 Å². The number of halogens is 2. The predicted octanol–water partition coefficient (Wildman–Crippen LogP) is 2.03. The van der Waals surface area contributed by atoms with Gasteiger partial charge in [0.15, 0.2) is 0 Å². The molecular weight excluding hydrogens is 294 g/mol. The van der Waals surface area contributed by atoms with Gasteiger partial charge in [0.05, 0.1) is 6.54 Å². The van der Waals surface area contributed by atoms with Crippen LogP contribution < -0.4 is 10.1 Å². The lowest BCUT2D eigenvalue weighted by atomic mass is 10.1. The van der Waals surface area contributed by atoms with Crippen molar-refractivity contribution in [1.82, 2.24) is 10.2 Å². The number of likely N-dealkylation sites (tertiary alicyclic amines) is 1. The van der Waals surface area contributed by atoms with Gasteiger partial charge in [0.2, 0.25) is 5.91 Å². The van der Waals surface area contributed by atoms with Gasteiger partial charge in [-0.15, -0.1) is 0 Å². The van der Waals surface area contributed by atoms with Gasteiger partial charge in [0, 0.05) is 18.7 Å². The summed E-state index contributed by atoms with van der Waals surface area (Å²) in [5, 5.41) is 2.54. The number of ether oxygens (including phenoxy) is 1. The minimum Gasteiger partial charge on any atom is -0.435 e. The number of alkyl halides is 2. The Morgan fingerprint density at radius 1 is 1.14 bits per heavy atom. The van der Waals surface area contributed by atoms with Crippen molar-refractivity contribution in [3.05, 3.63) is 29.8 Å². The maximum atomic E-state index is 12.0. The van der Waals surface area contributed by atoms with Crippen molar-refractivity contribution in [1.29, 1.82) is 0 Å². The van der Waals surface area contributed by atoms with E-state index in [4.69, 9.17) is 0 Å². The van der Waals surface area contributed by atoms with E-state index < -0.39 is 12.5 Å². The molecule has 0 aliphatic carbocycles. The molecule has 0 bridgehead atoms. The van der Waals surface area contributed by atoms with E-state index in [2.05, 4.69) is 10.1 Å². The SMILES string of the molecule is O=C(NCC(=O)N1CCCCC1)c1ccc(OC(F)F)cc1. The number of nitrogens with one attached hydrogen (secondary N) is 1. The molecule has 5 nitrogen and oxygen atoms in total.